The number of unbranched alkanes of at least 4 members (excludes halogenated alkanes) is 13. The average Bonchev–Trinajstić information content (AvgIpc) is 2.73. The summed E-state index contributed by atoms with van der Waals surface area (Å²) in [6.45, 7) is 1.74. The van der Waals surface area contributed by atoms with E-state index in [0.29, 0.717) is 6.61 Å². The largest absolute Gasteiger partial charge is 0.381 e. The molecule has 2 atom stereocenters. The fourth-order valence-electron chi connectivity index (χ4n) is 3.35. The van der Waals surface area contributed by atoms with Crippen LogP contribution in [0.15, 0.2) is 0 Å². The molecule has 9 nitrogen and oxygen atoms in total. The number of ether oxygens (including phenoxy) is 1. The molecule has 0 aliphatic carbocycles. The van der Waals surface area contributed by atoms with Crippen molar-refractivity contribution in [2.45, 2.75) is 108 Å². The van der Waals surface area contributed by atoms with Crippen molar-refractivity contribution in [2.75, 3.05) is 26.4 Å². The molecule has 0 amide bonds. The Hall–Kier alpha value is 0.180. The molecule has 32 heavy (non-hydrogen) atoms. The van der Waals surface area contributed by atoms with Gasteiger partial charge < -0.3 is 34.8 Å². The van der Waals surface area contributed by atoms with Gasteiger partial charge in [0.1, 0.15) is 0 Å². The second-order valence-electron chi connectivity index (χ2n) is 8.44. The fourth-order valence-corrected chi connectivity index (χ4v) is 5.89. The summed E-state index contributed by atoms with van der Waals surface area (Å²) in [7, 11) is -10.4. The van der Waals surface area contributed by atoms with Gasteiger partial charge in [-0.3, -0.25) is 9.13 Å². The van der Waals surface area contributed by atoms with Crippen LogP contribution in [0, 0.1) is 0 Å². The van der Waals surface area contributed by atoms with E-state index in [1.165, 1.54) is 77.0 Å². The van der Waals surface area contributed by atoms with Gasteiger partial charge >= 0.3 is 15.2 Å². The van der Waals surface area contributed by atoms with Crippen LogP contribution in [0.1, 0.15) is 103 Å². The van der Waals surface area contributed by atoms with Crippen LogP contribution in [-0.2, 0) is 18.4 Å². The lowest BCUT2D eigenvalue weighted by molar-refractivity contribution is 0.0983. The second kappa shape index (κ2) is 18.5. The van der Waals surface area contributed by atoms with Crippen molar-refractivity contribution < 1.29 is 38.2 Å². The Morgan fingerprint density at radius 3 is 1.50 bits per heavy atom. The van der Waals surface area contributed by atoms with Gasteiger partial charge in [-0.1, -0.05) is 90.4 Å². The minimum atomic E-state index is -5.34. The Labute approximate surface area is 194 Å². The average molecular weight is 504 g/mol. The van der Waals surface area contributed by atoms with Crippen LogP contribution in [0.25, 0.3) is 0 Å². The lowest BCUT2D eigenvalue weighted by Crippen LogP contribution is -2.38. The topological polar surface area (TPSA) is 160 Å². The minimum Gasteiger partial charge on any atom is -0.381 e. The van der Waals surface area contributed by atoms with E-state index in [0.717, 1.165) is 12.8 Å². The summed E-state index contributed by atoms with van der Waals surface area (Å²) < 4.78 is 33.3. The van der Waals surface area contributed by atoms with Crippen molar-refractivity contribution in [1.29, 1.82) is 0 Å². The van der Waals surface area contributed by atoms with Crippen molar-refractivity contribution in [1.82, 2.24) is 0 Å². The molecule has 0 aromatic rings. The molecular weight excluding hydrogens is 456 g/mol. The monoisotopic (exact) mass is 503 g/mol. The van der Waals surface area contributed by atoms with Crippen molar-refractivity contribution in [3.8, 4) is 0 Å². The summed E-state index contributed by atoms with van der Waals surface area (Å²) in [6.07, 6.45) is 18.3. The van der Waals surface area contributed by atoms with E-state index in [1.807, 2.05) is 0 Å². The van der Waals surface area contributed by atoms with Gasteiger partial charge in [-0.05, 0) is 12.8 Å². The van der Waals surface area contributed by atoms with E-state index < -0.39 is 26.8 Å². The third-order valence-electron chi connectivity index (χ3n) is 5.53. The Morgan fingerprint density at radius 2 is 1.09 bits per heavy atom. The molecule has 0 heterocycles. The van der Waals surface area contributed by atoms with Gasteiger partial charge in [-0.2, -0.15) is 0 Å². The van der Waals surface area contributed by atoms with Gasteiger partial charge in [-0.25, -0.2) is 0 Å². The SMILES string of the molecule is CCCCCCCCCCCCCCCCOCCCOP(=O)(O)C(O)(CN)P(=O)(O)O. The lowest BCUT2D eigenvalue weighted by atomic mass is 10.0. The number of hydrogen-bond acceptors (Lipinski definition) is 6. The van der Waals surface area contributed by atoms with Crippen LogP contribution in [0.4, 0.5) is 0 Å². The highest BCUT2D eigenvalue weighted by molar-refractivity contribution is 7.72. The first kappa shape index (κ1) is 32.2. The summed E-state index contributed by atoms with van der Waals surface area (Å²) >= 11 is 0. The van der Waals surface area contributed by atoms with Gasteiger partial charge in [0.05, 0.1) is 6.61 Å². The summed E-state index contributed by atoms with van der Waals surface area (Å²) in [6, 6.07) is 0. The van der Waals surface area contributed by atoms with E-state index in [1.54, 1.807) is 0 Å². The molecule has 0 aromatic carbocycles. The number of rotatable bonds is 23. The third-order valence-corrected chi connectivity index (χ3v) is 9.81. The van der Waals surface area contributed by atoms with Gasteiger partial charge in [0.2, 0.25) is 0 Å². The predicted octanol–water partition coefficient (Wildman–Crippen LogP) is 4.86. The van der Waals surface area contributed by atoms with Crippen LogP contribution in [0.3, 0.4) is 0 Å². The summed E-state index contributed by atoms with van der Waals surface area (Å²) in [5.41, 5.74) is 5.07. The fraction of sp³-hybridized carbons (Fsp3) is 1.00. The first-order valence-corrected chi connectivity index (χ1v) is 15.3. The Bertz CT molecular complexity index is 546. The minimum absolute atomic E-state index is 0.255. The zero-order valence-electron chi connectivity index (χ0n) is 19.8. The van der Waals surface area contributed by atoms with E-state index in [9.17, 15) is 19.1 Å². The highest BCUT2D eigenvalue weighted by Gasteiger charge is 2.60. The smallest absolute Gasteiger partial charge is 0.373 e. The zero-order valence-corrected chi connectivity index (χ0v) is 21.6. The zero-order chi connectivity index (χ0) is 24.3. The molecule has 0 aromatic heterocycles. The first-order chi connectivity index (χ1) is 15.1. The number of nitrogens with two attached hydrogens (primary N) is 1. The Balaban J connectivity index is 3.52. The third kappa shape index (κ3) is 13.8. The van der Waals surface area contributed by atoms with Crippen LogP contribution in [0.5, 0.6) is 0 Å². The molecule has 0 bridgehead atoms. The maximum Gasteiger partial charge on any atom is 0.373 e. The van der Waals surface area contributed by atoms with Crippen LogP contribution < -0.4 is 5.73 Å². The normalized spacial score (nSPS) is 16.1. The molecule has 0 aliphatic heterocycles. The van der Waals surface area contributed by atoms with E-state index in [-0.39, 0.29) is 19.6 Å². The van der Waals surface area contributed by atoms with Crippen LogP contribution in [0.2, 0.25) is 0 Å². The van der Waals surface area contributed by atoms with Crippen molar-refractivity contribution >= 4 is 15.2 Å². The molecule has 0 rings (SSSR count). The van der Waals surface area contributed by atoms with Gasteiger partial charge in [0.15, 0.2) is 0 Å². The summed E-state index contributed by atoms with van der Waals surface area (Å²) in [5.74, 6) is 0. The molecule has 0 aliphatic rings. The van der Waals surface area contributed by atoms with Crippen molar-refractivity contribution in [3.05, 3.63) is 0 Å². The predicted molar refractivity (Wildman–Crippen MR) is 128 cm³/mol. The number of aliphatic hydroxyl groups is 1. The molecule has 0 spiro atoms. The molecule has 11 heteroatoms. The maximum atomic E-state index is 12.0. The molecule has 0 saturated carbocycles. The second-order valence-corrected chi connectivity index (χ2v) is 12.7. The van der Waals surface area contributed by atoms with Crippen LogP contribution in [-0.4, -0.2) is 51.2 Å². The Kier molecular flexibility index (Phi) is 18.6. The highest BCUT2D eigenvalue weighted by Crippen LogP contribution is 2.69. The number of hydrogen-bond donors (Lipinski definition) is 5. The van der Waals surface area contributed by atoms with E-state index in [2.05, 4.69) is 11.4 Å². The van der Waals surface area contributed by atoms with Crippen molar-refractivity contribution in [3.63, 3.8) is 0 Å². The van der Waals surface area contributed by atoms with Crippen LogP contribution >= 0.6 is 15.2 Å². The van der Waals surface area contributed by atoms with Gasteiger partial charge in [0, 0.05) is 19.8 Å². The molecule has 0 fully saturated rings. The standard InChI is InChI=1S/C21H47NO8P2/c1-2-3-4-5-6-7-8-9-10-11-12-13-14-15-17-29-18-16-19-30-32(27,28)21(23,20-22)31(24,25)26/h23H,2-20,22H2,1H3,(H,27,28)(H2,24,25,26). The first-order valence-electron chi connectivity index (χ1n) is 12.2. The highest BCUT2D eigenvalue weighted by atomic mass is 31.2. The molecule has 0 radical (unpaired) electrons. The molecule has 0 saturated heterocycles. The lowest BCUT2D eigenvalue weighted by Gasteiger charge is -2.30. The molecule has 2 unspecified atom stereocenters. The maximum absolute atomic E-state index is 12.0. The molecule has 6 N–H and O–H groups in total. The van der Waals surface area contributed by atoms with Gasteiger partial charge in [0.25, 0.3) is 5.08 Å². The van der Waals surface area contributed by atoms with E-state index >= 15 is 0 Å². The quantitative estimate of drug-likeness (QED) is 0.0969. The molecule has 194 valence electrons. The summed E-state index contributed by atoms with van der Waals surface area (Å²) in [5, 5.41) is 6.48. The van der Waals surface area contributed by atoms with E-state index in [4.69, 9.17) is 20.3 Å². The molecular formula is C21H47NO8P2. The van der Waals surface area contributed by atoms with Crippen molar-refractivity contribution in [2.24, 2.45) is 5.73 Å². The Morgan fingerprint density at radius 1 is 0.688 bits per heavy atom. The summed E-state index contributed by atoms with van der Waals surface area (Å²) in [4.78, 5) is 27.8. The van der Waals surface area contributed by atoms with Gasteiger partial charge in [-0.15, -0.1) is 0 Å².